The van der Waals surface area contributed by atoms with Gasteiger partial charge in [0.15, 0.2) is 11.5 Å². The minimum atomic E-state index is -0.618. The molecular weight excluding hydrogens is 250 g/mol. The molecule has 1 aliphatic heterocycles. The number of hydrogen-bond acceptors (Lipinski definition) is 5. The third-order valence-corrected chi connectivity index (χ3v) is 2.97. The van der Waals surface area contributed by atoms with Gasteiger partial charge in [-0.2, -0.15) is 0 Å². The Hall–Kier alpha value is -2.24. The van der Waals surface area contributed by atoms with Crippen LogP contribution in [0.2, 0.25) is 0 Å². The van der Waals surface area contributed by atoms with Crippen LogP contribution in [-0.2, 0) is 9.53 Å². The number of rotatable bonds is 3. The Balaban J connectivity index is 2.24. The summed E-state index contributed by atoms with van der Waals surface area (Å²) >= 11 is 0. The van der Waals surface area contributed by atoms with E-state index >= 15 is 0 Å². The quantitative estimate of drug-likeness (QED) is 0.833. The summed E-state index contributed by atoms with van der Waals surface area (Å²) < 4.78 is 15.5. The van der Waals surface area contributed by atoms with Gasteiger partial charge in [-0.15, -0.1) is 0 Å². The normalized spacial score (nSPS) is 18.2. The molecule has 1 heterocycles. The van der Waals surface area contributed by atoms with E-state index in [4.69, 9.17) is 14.2 Å². The molecule has 0 aromatic heterocycles. The largest absolute Gasteiger partial charge is 0.493 e. The van der Waals surface area contributed by atoms with Crippen LogP contribution in [0.3, 0.4) is 0 Å². The Kier molecular flexibility index (Phi) is 3.59. The Labute approximate surface area is 110 Å². The molecule has 1 atom stereocenters. The number of carbonyl (C=O) groups is 2. The molecule has 102 valence electrons. The van der Waals surface area contributed by atoms with Crippen LogP contribution in [0.25, 0.3) is 0 Å². The van der Waals surface area contributed by atoms with Crippen molar-refractivity contribution in [1.82, 2.24) is 4.90 Å². The van der Waals surface area contributed by atoms with Crippen molar-refractivity contribution in [2.24, 2.45) is 0 Å². The van der Waals surface area contributed by atoms with Crippen LogP contribution in [0.4, 0.5) is 4.79 Å². The van der Waals surface area contributed by atoms with Gasteiger partial charge in [-0.3, -0.25) is 4.79 Å². The number of methoxy groups -OCH3 is 2. The van der Waals surface area contributed by atoms with Crippen LogP contribution in [0.1, 0.15) is 18.6 Å². The first-order valence-electron chi connectivity index (χ1n) is 5.77. The van der Waals surface area contributed by atoms with Crippen molar-refractivity contribution in [2.45, 2.75) is 13.0 Å². The molecule has 1 aliphatic rings. The summed E-state index contributed by atoms with van der Waals surface area (Å²) in [7, 11) is 3.08. The van der Waals surface area contributed by atoms with Crippen molar-refractivity contribution in [1.29, 1.82) is 0 Å². The number of nitrogens with zero attached hydrogens (tertiary/aromatic N) is 1. The number of hydrogen-bond donors (Lipinski definition) is 0. The minimum absolute atomic E-state index is 0.212. The molecule has 1 aromatic rings. The molecule has 19 heavy (non-hydrogen) atoms. The maximum Gasteiger partial charge on any atom is 0.417 e. The van der Waals surface area contributed by atoms with E-state index in [1.165, 1.54) is 14.0 Å². The summed E-state index contributed by atoms with van der Waals surface area (Å²) in [5.74, 6) is 0.823. The van der Waals surface area contributed by atoms with Crippen molar-refractivity contribution in [3.63, 3.8) is 0 Å². The lowest BCUT2D eigenvalue weighted by atomic mass is 10.1. The molecule has 0 radical (unpaired) electrons. The average Bonchev–Trinajstić information content (AvgIpc) is 2.80. The Morgan fingerprint density at radius 3 is 2.53 bits per heavy atom. The van der Waals surface area contributed by atoms with Gasteiger partial charge in [0.25, 0.3) is 0 Å². The van der Waals surface area contributed by atoms with Gasteiger partial charge in [0.05, 0.1) is 20.8 Å². The van der Waals surface area contributed by atoms with Crippen LogP contribution in [0.15, 0.2) is 18.2 Å². The molecule has 0 N–H and O–H groups in total. The molecule has 1 fully saturated rings. The van der Waals surface area contributed by atoms with E-state index < -0.39 is 12.2 Å². The summed E-state index contributed by atoms with van der Waals surface area (Å²) in [6.07, 6.45) is -1.09. The predicted molar refractivity (Wildman–Crippen MR) is 66.2 cm³/mol. The lowest BCUT2D eigenvalue weighted by Gasteiger charge is -2.12. The van der Waals surface area contributed by atoms with E-state index in [2.05, 4.69) is 0 Å². The summed E-state index contributed by atoms with van der Waals surface area (Å²) in [4.78, 5) is 23.8. The topological polar surface area (TPSA) is 65.1 Å². The zero-order valence-corrected chi connectivity index (χ0v) is 11.0. The highest BCUT2D eigenvalue weighted by atomic mass is 16.6. The van der Waals surface area contributed by atoms with Crippen LogP contribution in [0, 0.1) is 0 Å². The smallest absolute Gasteiger partial charge is 0.417 e. The molecule has 1 saturated heterocycles. The van der Waals surface area contributed by atoms with E-state index in [9.17, 15) is 9.59 Å². The van der Waals surface area contributed by atoms with Crippen LogP contribution < -0.4 is 9.47 Å². The van der Waals surface area contributed by atoms with Crippen molar-refractivity contribution in [3.8, 4) is 11.5 Å². The first-order valence-corrected chi connectivity index (χ1v) is 5.77. The maximum absolute atomic E-state index is 11.5. The highest BCUT2D eigenvalue weighted by Gasteiger charge is 2.35. The van der Waals surface area contributed by atoms with Crippen molar-refractivity contribution in [3.05, 3.63) is 23.8 Å². The van der Waals surface area contributed by atoms with Crippen molar-refractivity contribution in [2.75, 3.05) is 20.8 Å². The lowest BCUT2D eigenvalue weighted by molar-refractivity contribution is -0.125. The van der Waals surface area contributed by atoms with Gasteiger partial charge >= 0.3 is 6.09 Å². The fourth-order valence-corrected chi connectivity index (χ4v) is 1.95. The molecule has 6 heteroatoms. The summed E-state index contributed by atoms with van der Waals surface area (Å²) in [6.45, 7) is 1.54. The fraction of sp³-hybridized carbons (Fsp3) is 0.385. The van der Waals surface area contributed by atoms with Gasteiger partial charge in [-0.25, -0.2) is 9.69 Å². The number of carbonyl (C=O) groups excluding carboxylic acids is 2. The second kappa shape index (κ2) is 5.17. The van der Waals surface area contributed by atoms with Crippen LogP contribution in [-0.4, -0.2) is 37.7 Å². The molecule has 0 aliphatic carbocycles. The summed E-state index contributed by atoms with van der Waals surface area (Å²) in [5, 5.41) is 0. The van der Waals surface area contributed by atoms with Crippen molar-refractivity contribution < 1.29 is 23.8 Å². The molecule has 0 bridgehead atoms. The Morgan fingerprint density at radius 1 is 1.32 bits per heavy atom. The van der Waals surface area contributed by atoms with Crippen molar-refractivity contribution >= 4 is 12.0 Å². The monoisotopic (exact) mass is 265 g/mol. The van der Waals surface area contributed by atoms with E-state index in [0.29, 0.717) is 11.5 Å². The minimum Gasteiger partial charge on any atom is -0.493 e. The van der Waals surface area contributed by atoms with Gasteiger partial charge in [-0.05, 0) is 17.7 Å². The Bertz CT molecular complexity index is 514. The van der Waals surface area contributed by atoms with E-state index in [-0.39, 0.29) is 12.5 Å². The van der Waals surface area contributed by atoms with E-state index in [1.807, 2.05) is 0 Å². The van der Waals surface area contributed by atoms with Gasteiger partial charge in [-0.1, -0.05) is 6.07 Å². The summed E-state index contributed by atoms with van der Waals surface area (Å²) in [6, 6.07) is 5.25. The Morgan fingerprint density at radius 2 is 2.00 bits per heavy atom. The maximum atomic E-state index is 11.5. The van der Waals surface area contributed by atoms with Gasteiger partial charge in [0.1, 0.15) is 6.10 Å². The molecule has 1 aromatic carbocycles. The number of imide groups is 1. The molecule has 0 spiro atoms. The van der Waals surface area contributed by atoms with E-state index in [0.717, 1.165) is 10.5 Å². The van der Waals surface area contributed by atoms with Gasteiger partial charge < -0.3 is 14.2 Å². The first kappa shape index (κ1) is 13.2. The SMILES string of the molecule is COc1ccc(C2CN(C(C)=O)C(=O)O2)cc1OC. The number of benzene rings is 1. The zero-order valence-electron chi connectivity index (χ0n) is 11.0. The zero-order chi connectivity index (χ0) is 14.0. The molecule has 2 amide bonds. The number of ether oxygens (including phenoxy) is 3. The predicted octanol–water partition coefficient (Wildman–Crippen LogP) is 1.74. The molecule has 0 saturated carbocycles. The molecule has 2 rings (SSSR count). The lowest BCUT2D eigenvalue weighted by Crippen LogP contribution is -2.29. The van der Waals surface area contributed by atoms with Gasteiger partial charge in [0, 0.05) is 6.92 Å². The third kappa shape index (κ3) is 2.47. The second-order valence-electron chi connectivity index (χ2n) is 4.12. The molecular formula is C13H15NO5. The molecule has 6 nitrogen and oxygen atoms in total. The highest BCUT2D eigenvalue weighted by Crippen LogP contribution is 2.33. The van der Waals surface area contributed by atoms with Gasteiger partial charge in [0.2, 0.25) is 5.91 Å². The van der Waals surface area contributed by atoms with E-state index in [1.54, 1.807) is 25.3 Å². The summed E-state index contributed by atoms with van der Waals surface area (Å²) in [5.41, 5.74) is 0.759. The van der Waals surface area contributed by atoms with Crippen LogP contribution >= 0.6 is 0 Å². The average molecular weight is 265 g/mol. The van der Waals surface area contributed by atoms with Crippen LogP contribution in [0.5, 0.6) is 11.5 Å². The molecule has 1 unspecified atom stereocenters. The fourth-order valence-electron chi connectivity index (χ4n) is 1.95. The second-order valence-corrected chi connectivity index (χ2v) is 4.12. The first-order chi connectivity index (χ1) is 9.06. The highest BCUT2D eigenvalue weighted by molar-refractivity contribution is 5.91. The number of amides is 2. The number of cyclic esters (lactones) is 1. The standard InChI is InChI=1S/C13H15NO5/c1-8(15)14-7-12(19-13(14)16)9-4-5-10(17-2)11(6-9)18-3/h4-6,12H,7H2,1-3H3. The third-order valence-electron chi connectivity index (χ3n) is 2.97.